The van der Waals surface area contributed by atoms with Gasteiger partial charge in [-0.25, -0.2) is 8.78 Å². The number of aliphatic hydroxyl groups is 1. The topological polar surface area (TPSA) is 32.7 Å². The van der Waals surface area contributed by atoms with Crippen molar-refractivity contribution in [3.8, 4) is 5.75 Å². The fraction of sp³-hybridized carbons (Fsp3) is 0.478. The predicted molar refractivity (Wildman–Crippen MR) is 103 cm³/mol. The maximum atomic E-state index is 14.1. The van der Waals surface area contributed by atoms with Crippen molar-refractivity contribution in [2.45, 2.75) is 50.2 Å². The number of benzene rings is 2. The average Bonchev–Trinajstić information content (AvgIpc) is 3.03. The van der Waals surface area contributed by atoms with Crippen molar-refractivity contribution in [1.29, 1.82) is 0 Å². The van der Waals surface area contributed by atoms with Crippen LogP contribution in [0.3, 0.4) is 0 Å². The molecule has 5 heteroatoms. The molecule has 0 saturated carbocycles. The number of likely N-dealkylation sites (tertiary alicyclic amines) is 1. The van der Waals surface area contributed by atoms with Gasteiger partial charge in [0, 0.05) is 11.6 Å². The van der Waals surface area contributed by atoms with Crippen LogP contribution in [0.2, 0.25) is 0 Å². The first kappa shape index (κ1) is 18.1. The zero-order valence-corrected chi connectivity index (χ0v) is 15.8. The summed E-state index contributed by atoms with van der Waals surface area (Å²) in [4.78, 5) is 2.31. The number of hydrogen-bond donors (Lipinski definition) is 1. The lowest BCUT2D eigenvalue weighted by atomic mass is 9.86. The summed E-state index contributed by atoms with van der Waals surface area (Å²) in [6.45, 7) is 2.38. The number of piperidine rings is 1. The molecule has 1 saturated heterocycles. The number of rotatable bonds is 2. The standard InChI is InChI=1S/C23H25F2NO2/c24-17-3-4-19-16(11-17)12-21(22(19)27)26-7-5-14(6-8-26)20-13-18(25)10-15-2-1-9-28-23(15)20/h3-4,10-11,13-14,21-22,27H,1-2,5-9,12H2/t21-,22-/m0/s1. The molecule has 1 fully saturated rings. The van der Waals surface area contributed by atoms with Crippen molar-refractivity contribution in [2.75, 3.05) is 19.7 Å². The molecule has 2 atom stereocenters. The highest BCUT2D eigenvalue weighted by Gasteiger charge is 2.37. The molecule has 148 valence electrons. The molecule has 2 aromatic rings. The van der Waals surface area contributed by atoms with Crippen molar-refractivity contribution >= 4 is 0 Å². The first-order valence-electron chi connectivity index (χ1n) is 10.3. The van der Waals surface area contributed by atoms with Crippen molar-refractivity contribution in [3.63, 3.8) is 0 Å². The molecule has 0 unspecified atom stereocenters. The number of hydrogen-bond acceptors (Lipinski definition) is 3. The number of fused-ring (bicyclic) bond motifs is 2. The van der Waals surface area contributed by atoms with Gasteiger partial charge < -0.3 is 9.84 Å². The average molecular weight is 385 g/mol. The summed E-state index contributed by atoms with van der Waals surface area (Å²) >= 11 is 0. The minimum absolute atomic E-state index is 0.00424. The fourth-order valence-electron chi connectivity index (χ4n) is 5.23. The quantitative estimate of drug-likeness (QED) is 0.844. The van der Waals surface area contributed by atoms with Crippen LogP contribution in [0, 0.1) is 11.6 Å². The van der Waals surface area contributed by atoms with Gasteiger partial charge in [-0.3, -0.25) is 4.90 Å². The van der Waals surface area contributed by atoms with Crippen molar-refractivity contribution in [1.82, 2.24) is 4.90 Å². The summed E-state index contributed by atoms with van der Waals surface area (Å²) in [6.07, 6.45) is 3.74. The van der Waals surface area contributed by atoms with E-state index in [1.54, 1.807) is 24.3 Å². The van der Waals surface area contributed by atoms with Gasteiger partial charge in [0.1, 0.15) is 17.4 Å². The third-order valence-corrected chi connectivity index (χ3v) is 6.65. The summed E-state index contributed by atoms with van der Waals surface area (Å²) < 4.78 is 33.6. The Bertz CT molecular complexity index is 892. The smallest absolute Gasteiger partial charge is 0.126 e. The molecule has 0 radical (unpaired) electrons. The van der Waals surface area contributed by atoms with Gasteiger partial charge in [-0.15, -0.1) is 0 Å². The highest BCUT2D eigenvalue weighted by atomic mass is 19.1. The SMILES string of the molecule is O[C@H]1c2ccc(F)cc2C[C@@H]1N1CCC(c2cc(F)cc3c2OCCC3)CC1. The molecule has 3 nitrogen and oxygen atoms in total. The lowest BCUT2D eigenvalue weighted by Gasteiger charge is -2.38. The van der Waals surface area contributed by atoms with Crippen LogP contribution in [0.25, 0.3) is 0 Å². The van der Waals surface area contributed by atoms with Gasteiger partial charge in [-0.05, 0) is 92.1 Å². The largest absolute Gasteiger partial charge is 0.493 e. The molecule has 1 aliphatic carbocycles. The third-order valence-electron chi connectivity index (χ3n) is 6.65. The Kier molecular flexibility index (Phi) is 4.60. The molecule has 2 heterocycles. The van der Waals surface area contributed by atoms with E-state index in [-0.39, 0.29) is 23.6 Å². The van der Waals surface area contributed by atoms with Crippen LogP contribution in [-0.4, -0.2) is 35.7 Å². The summed E-state index contributed by atoms with van der Waals surface area (Å²) in [5.74, 6) is 0.749. The molecular formula is C23H25F2NO2. The number of nitrogens with zero attached hydrogens (tertiary/aromatic N) is 1. The Morgan fingerprint density at radius 2 is 1.75 bits per heavy atom. The molecule has 2 aliphatic heterocycles. The van der Waals surface area contributed by atoms with Crippen molar-refractivity contribution < 1.29 is 18.6 Å². The Morgan fingerprint density at radius 3 is 2.57 bits per heavy atom. The monoisotopic (exact) mass is 385 g/mol. The van der Waals surface area contributed by atoms with Crippen LogP contribution >= 0.6 is 0 Å². The van der Waals surface area contributed by atoms with Crippen molar-refractivity contribution in [3.05, 3.63) is 64.2 Å². The van der Waals surface area contributed by atoms with Crippen LogP contribution in [0.1, 0.15) is 53.5 Å². The lowest BCUT2D eigenvalue weighted by molar-refractivity contribution is 0.0455. The maximum absolute atomic E-state index is 14.1. The minimum atomic E-state index is -0.572. The number of aliphatic hydroxyl groups excluding tert-OH is 1. The van der Waals surface area contributed by atoms with E-state index in [0.29, 0.717) is 13.0 Å². The zero-order valence-electron chi connectivity index (χ0n) is 15.8. The Balaban J connectivity index is 1.31. The second-order valence-electron chi connectivity index (χ2n) is 8.30. The second-order valence-corrected chi connectivity index (χ2v) is 8.30. The van der Waals surface area contributed by atoms with Gasteiger partial charge in [-0.1, -0.05) is 6.07 Å². The molecular weight excluding hydrogens is 360 g/mol. The van der Waals surface area contributed by atoms with E-state index in [0.717, 1.165) is 66.8 Å². The summed E-state index contributed by atoms with van der Waals surface area (Å²) in [6, 6.07) is 7.92. The van der Waals surface area contributed by atoms with E-state index in [9.17, 15) is 13.9 Å². The van der Waals surface area contributed by atoms with Gasteiger partial charge >= 0.3 is 0 Å². The molecule has 28 heavy (non-hydrogen) atoms. The van der Waals surface area contributed by atoms with E-state index in [2.05, 4.69) is 4.90 Å². The normalized spacial score (nSPS) is 25.2. The number of ether oxygens (including phenoxy) is 1. The molecule has 1 N–H and O–H groups in total. The molecule has 0 bridgehead atoms. The van der Waals surface area contributed by atoms with Crippen LogP contribution in [-0.2, 0) is 12.8 Å². The van der Waals surface area contributed by atoms with Gasteiger partial charge in [0.15, 0.2) is 0 Å². The zero-order chi connectivity index (χ0) is 19.3. The molecule has 0 spiro atoms. The first-order chi connectivity index (χ1) is 13.6. The van der Waals surface area contributed by atoms with Crippen molar-refractivity contribution in [2.24, 2.45) is 0 Å². The van der Waals surface area contributed by atoms with Crippen LogP contribution in [0.5, 0.6) is 5.75 Å². The Hall–Kier alpha value is -1.98. The molecule has 2 aromatic carbocycles. The molecule has 0 aromatic heterocycles. The molecule has 3 aliphatic rings. The van der Waals surface area contributed by atoms with E-state index < -0.39 is 6.10 Å². The highest BCUT2D eigenvalue weighted by Crippen LogP contribution is 2.41. The fourth-order valence-corrected chi connectivity index (χ4v) is 5.23. The summed E-state index contributed by atoms with van der Waals surface area (Å²) in [7, 11) is 0. The Labute approximate surface area is 163 Å². The highest BCUT2D eigenvalue weighted by molar-refractivity contribution is 5.45. The van der Waals surface area contributed by atoms with Gasteiger partial charge in [0.2, 0.25) is 0 Å². The van der Waals surface area contributed by atoms with E-state index in [1.165, 1.54) is 6.07 Å². The van der Waals surface area contributed by atoms with E-state index >= 15 is 0 Å². The van der Waals surface area contributed by atoms with Crippen LogP contribution in [0.4, 0.5) is 8.78 Å². The lowest BCUT2D eigenvalue weighted by Crippen LogP contribution is -2.43. The molecule has 0 amide bonds. The second kappa shape index (κ2) is 7.12. The van der Waals surface area contributed by atoms with Gasteiger partial charge in [-0.2, -0.15) is 0 Å². The first-order valence-corrected chi connectivity index (χ1v) is 10.3. The number of aryl methyl sites for hydroxylation is 1. The van der Waals surface area contributed by atoms with E-state index in [1.807, 2.05) is 0 Å². The van der Waals surface area contributed by atoms with Crippen LogP contribution in [0.15, 0.2) is 30.3 Å². The van der Waals surface area contributed by atoms with E-state index in [4.69, 9.17) is 4.74 Å². The van der Waals surface area contributed by atoms with Gasteiger partial charge in [0.05, 0.1) is 12.7 Å². The summed E-state index contributed by atoms with van der Waals surface area (Å²) in [5, 5.41) is 10.7. The summed E-state index contributed by atoms with van der Waals surface area (Å²) in [5.41, 5.74) is 3.76. The van der Waals surface area contributed by atoms with Crippen LogP contribution < -0.4 is 4.74 Å². The molecule has 5 rings (SSSR count). The number of halogens is 2. The predicted octanol–water partition coefficient (Wildman–Crippen LogP) is 4.13. The van der Waals surface area contributed by atoms with Gasteiger partial charge in [0.25, 0.3) is 0 Å². The maximum Gasteiger partial charge on any atom is 0.126 e. The third kappa shape index (κ3) is 3.11. The Morgan fingerprint density at radius 1 is 0.964 bits per heavy atom. The minimum Gasteiger partial charge on any atom is -0.493 e.